The molecule has 1 fully saturated rings. The molecule has 3 nitrogen and oxygen atoms in total. The second-order valence-electron chi connectivity index (χ2n) is 5.32. The van der Waals surface area contributed by atoms with Crippen molar-refractivity contribution in [2.45, 2.75) is 44.8 Å². The number of halogens is 1. The predicted molar refractivity (Wildman–Crippen MR) is 75.9 cm³/mol. The Hall–Kier alpha value is -1.06. The summed E-state index contributed by atoms with van der Waals surface area (Å²) in [5.74, 6) is 0.347. The summed E-state index contributed by atoms with van der Waals surface area (Å²) in [6.07, 6.45) is 4.10. The van der Waals surface area contributed by atoms with Crippen molar-refractivity contribution < 1.29 is 9.53 Å². The molecule has 1 aliphatic carbocycles. The van der Waals surface area contributed by atoms with Crippen molar-refractivity contribution in [3.8, 4) is 0 Å². The van der Waals surface area contributed by atoms with Gasteiger partial charge in [0.25, 0.3) is 0 Å². The minimum Gasteiger partial charge on any atom is -0.461 e. The number of carbonyl (C=O) groups excluding carboxylic acids is 1. The molecule has 0 aromatic heterocycles. The highest BCUT2D eigenvalue weighted by molar-refractivity contribution is 6.31. The molecular weight excluding hydrogens is 262 g/mol. The lowest BCUT2D eigenvalue weighted by molar-refractivity contribution is -0.152. The van der Waals surface area contributed by atoms with Gasteiger partial charge in [0.05, 0.1) is 0 Å². The molecule has 1 saturated carbocycles. The molecule has 0 spiro atoms. The van der Waals surface area contributed by atoms with Gasteiger partial charge in [0, 0.05) is 5.02 Å². The monoisotopic (exact) mass is 281 g/mol. The van der Waals surface area contributed by atoms with Gasteiger partial charge in [-0.15, -0.1) is 0 Å². The fraction of sp³-hybridized carbons (Fsp3) is 0.533. The van der Waals surface area contributed by atoms with E-state index in [9.17, 15) is 4.79 Å². The van der Waals surface area contributed by atoms with E-state index in [2.05, 4.69) is 6.92 Å². The van der Waals surface area contributed by atoms with Crippen LogP contribution in [0.3, 0.4) is 0 Å². The van der Waals surface area contributed by atoms with Crippen LogP contribution >= 0.6 is 11.6 Å². The molecule has 1 aliphatic rings. The van der Waals surface area contributed by atoms with E-state index < -0.39 is 6.04 Å². The van der Waals surface area contributed by atoms with E-state index in [-0.39, 0.29) is 12.1 Å². The molecule has 19 heavy (non-hydrogen) atoms. The van der Waals surface area contributed by atoms with Crippen molar-refractivity contribution >= 4 is 17.6 Å². The zero-order chi connectivity index (χ0) is 13.8. The number of hydrogen-bond donors (Lipinski definition) is 1. The van der Waals surface area contributed by atoms with Crippen molar-refractivity contribution in [1.29, 1.82) is 0 Å². The third kappa shape index (κ3) is 3.71. The maximum Gasteiger partial charge on any atom is 0.327 e. The van der Waals surface area contributed by atoms with Crippen LogP contribution in [0.15, 0.2) is 24.3 Å². The zero-order valence-corrected chi connectivity index (χ0v) is 11.9. The van der Waals surface area contributed by atoms with E-state index in [1.54, 1.807) is 12.1 Å². The summed E-state index contributed by atoms with van der Waals surface area (Å²) in [6.45, 7) is 2.23. The Balaban J connectivity index is 1.95. The van der Waals surface area contributed by atoms with Gasteiger partial charge in [-0.3, -0.25) is 0 Å². The van der Waals surface area contributed by atoms with Gasteiger partial charge in [0.2, 0.25) is 0 Å². The van der Waals surface area contributed by atoms with Gasteiger partial charge >= 0.3 is 5.97 Å². The van der Waals surface area contributed by atoms with Gasteiger partial charge in [-0.2, -0.15) is 0 Å². The molecule has 1 aromatic rings. The molecule has 1 atom stereocenters. The standard InChI is InChI=1S/C15H20ClNO2/c1-10-6-8-11(9-7-10)19-15(18)14(17)12-4-2-3-5-13(12)16/h2-5,10-11,14H,6-9,17H2,1H3/t10?,11?,14-/m1/s1. The van der Waals surface area contributed by atoms with Gasteiger partial charge in [-0.1, -0.05) is 36.7 Å². The summed E-state index contributed by atoms with van der Waals surface area (Å²) in [7, 11) is 0. The molecule has 0 heterocycles. The van der Waals surface area contributed by atoms with Gasteiger partial charge < -0.3 is 10.5 Å². The molecule has 0 radical (unpaired) electrons. The van der Waals surface area contributed by atoms with E-state index in [4.69, 9.17) is 22.1 Å². The van der Waals surface area contributed by atoms with Crippen LogP contribution in [0.4, 0.5) is 0 Å². The average molecular weight is 282 g/mol. The molecule has 0 amide bonds. The van der Waals surface area contributed by atoms with Gasteiger partial charge in [0.15, 0.2) is 0 Å². The second-order valence-corrected chi connectivity index (χ2v) is 5.73. The molecule has 2 N–H and O–H groups in total. The maximum absolute atomic E-state index is 12.0. The molecule has 4 heteroatoms. The third-order valence-electron chi connectivity index (χ3n) is 3.74. The van der Waals surface area contributed by atoms with Crippen molar-refractivity contribution in [3.63, 3.8) is 0 Å². The fourth-order valence-electron chi connectivity index (χ4n) is 2.44. The highest BCUT2D eigenvalue weighted by Gasteiger charge is 2.26. The Morgan fingerprint density at radius 3 is 2.58 bits per heavy atom. The first-order valence-corrected chi connectivity index (χ1v) is 7.16. The Labute approximate surface area is 119 Å². The van der Waals surface area contributed by atoms with Gasteiger partial charge in [-0.25, -0.2) is 4.79 Å². The number of benzene rings is 1. The zero-order valence-electron chi connectivity index (χ0n) is 11.1. The number of hydrogen-bond acceptors (Lipinski definition) is 3. The van der Waals surface area contributed by atoms with E-state index in [1.807, 2.05) is 12.1 Å². The molecule has 104 valence electrons. The van der Waals surface area contributed by atoms with Crippen molar-refractivity contribution in [2.24, 2.45) is 11.7 Å². The van der Waals surface area contributed by atoms with Crippen LogP contribution in [0.2, 0.25) is 5.02 Å². The average Bonchev–Trinajstić information content (AvgIpc) is 2.41. The van der Waals surface area contributed by atoms with Crippen LogP contribution in [0, 0.1) is 5.92 Å². The molecule has 0 saturated heterocycles. The summed E-state index contributed by atoms with van der Waals surface area (Å²) in [4.78, 5) is 12.0. The summed E-state index contributed by atoms with van der Waals surface area (Å²) in [6, 6.07) is 6.32. The summed E-state index contributed by atoms with van der Waals surface area (Å²) in [5.41, 5.74) is 6.55. The number of rotatable bonds is 3. The smallest absolute Gasteiger partial charge is 0.327 e. The summed E-state index contributed by atoms with van der Waals surface area (Å²) < 4.78 is 5.49. The SMILES string of the molecule is CC1CCC(OC(=O)[C@H](N)c2ccccc2Cl)CC1. The largest absolute Gasteiger partial charge is 0.461 e. The summed E-state index contributed by atoms with van der Waals surface area (Å²) >= 11 is 6.04. The van der Waals surface area contributed by atoms with Crippen LogP contribution in [-0.2, 0) is 9.53 Å². The molecule has 0 aliphatic heterocycles. The first-order valence-electron chi connectivity index (χ1n) is 6.78. The van der Waals surface area contributed by atoms with E-state index in [0.717, 1.165) is 31.6 Å². The molecule has 0 unspecified atom stereocenters. The molecule has 1 aromatic carbocycles. The topological polar surface area (TPSA) is 52.3 Å². The first-order chi connectivity index (χ1) is 9.08. The number of esters is 1. The third-order valence-corrected chi connectivity index (χ3v) is 4.08. The normalized spacial score (nSPS) is 24.8. The quantitative estimate of drug-likeness (QED) is 0.863. The van der Waals surface area contributed by atoms with Crippen LogP contribution in [0.5, 0.6) is 0 Å². The number of nitrogens with two attached hydrogens (primary N) is 1. The van der Waals surface area contributed by atoms with Gasteiger partial charge in [0.1, 0.15) is 12.1 Å². The van der Waals surface area contributed by atoms with Crippen LogP contribution in [0.1, 0.15) is 44.2 Å². The van der Waals surface area contributed by atoms with Crippen LogP contribution in [-0.4, -0.2) is 12.1 Å². The van der Waals surface area contributed by atoms with Crippen molar-refractivity contribution in [1.82, 2.24) is 0 Å². The Bertz CT molecular complexity index is 442. The number of carbonyl (C=O) groups is 1. The minimum atomic E-state index is -0.798. The Morgan fingerprint density at radius 1 is 1.32 bits per heavy atom. The van der Waals surface area contributed by atoms with E-state index in [1.165, 1.54) is 0 Å². The fourth-order valence-corrected chi connectivity index (χ4v) is 2.69. The van der Waals surface area contributed by atoms with Crippen LogP contribution in [0.25, 0.3) is 0 Å². The summed E-state index contributed by atoms with van der Waals surface area (Å²) in [5, 5.41) is 0.504. The van der Waals surface area contributed by atoms with Crippen LogP contribution < -0.4 is 5.73 Å². The Morgan fingerprint density at radius 2 is 1.95 bits per heavy atom. The maximum atomic E-state index is 12.0. The van der Waals surface area contributed by atoms with Crippen molar-refractivity contribution in [3.05, 3.63) is 34.9 Å². The lowest BCUT2D eigenvalue weighted by Gasteiger charge is -2.27. The Kier molecular flexibility index (Phi) is 4.83. The second kappa shape index (κ2) is 6.40. The molecule has 2 rings (SSSR count). The van der Waals surface area contributed by atoms with Crippen molar-refractivity contribution in [2.75, 3.05) is 0 Å². The van der Waals surface area contributed by atoms with Gasteiger partial charge in [-0.05, 0) is 43.2 Å². The van der Waals surface area contributed by atoms with E-state index in [0.29, 0.717) is 10.6 Å². The molecular formula is C15H20ClNO2. The lowest BCUT2D eigenvalue weighted by atomic mass is 9.89. The first kappa shape index (κ1) is 14.4. The molecule has 0 bridgehead atoms. The minimum absolute atomic E-state index is 0.0113. The lowest BCUT2D eigenvalue weighted by Crippen LogP contribution is -2.30. The highest BCUT2D eigenvalue weighted by Crippen LogP contribution is 2.27. The number of ether oxygens (including phenoxy) is 1. The predicted octanol–water partition coefficient (Wildman–Crippen LogP) is 3.46. The van der Waals surface area contributed by atoms with E-state index >= 15 is 0 Å². The highest BCUT2D eigenvalue weighted by atomic mass is 35.5.